The number of methoxy groups -OCH3 is 1. The van der Waals surface area contributed by atoms with Crippen molar-refractivity contribution in [3.05, 3.63) is 48.0 Å². The number of rotatable bonds is 9. The van der Waals surface area contributed by atoms with Crippen LogP contribution in [0.1, 0.15) is 19.4 Å². The number of ether oxygens (including phenoxy) is 1. The Hall–Kier alpha value is -2.14. The van der Waals surface area contributed by atoms with Crippen LogP contribution < -0.4 is 9.46 Å². The van der Waals surface area contributed by atoms with Gasteiger partial charge >= 0.3 is 5.97 Å². The van der Waals surface area contributed by atoms with Gasteiger partial charge in [-0.1, -0.05) is 37.7 Å². The second-order valence-corrected chi connectivity index (χ2v) is 10.9. The van der Waals surface area contributed by atoms with E-state index in [4.69, 9.17) is 4.74 Å². The summed E-state index contributed by atoms with van der Waals surface area (Å²) in [7, 11) is -2.34. The van der Waals surface area contributed by atoms with Crippen LogP contribution in [0, 0.1) is 5.92 Å². The van der Waals surface area contributed by atoms with E-state index in [1.165, 1.54) is 23.5 Å². The van der Waals surface area contributed by atoms with Crippen molar-refractivity contribution < 1.29 is 23.1 Å². The van der Waals surface area contributed by atoms with Crippen LogP contribution in [0.25, 0.3) is 10.2 Å². The molecule has 2 N–H and O–H groups in total. The van der Waals surface area contributed by atoms with E-state index >= 15 is 0 Å². The van der Waals surface area contributed by atoms with E-state index in [1.54, 1.807) is 38.8 Å². The van der Waals surface area contributed by atoms with Crippen LogP contribution in [0.5, 0.6) is 5.75 Å². The first-order valence-electron chi connectivity index (χ1n) is 9.11. The second-order valence-electron chi connectivity index (χ2n) is 6.93. The molecule has 0 bridgehead atoms. The average molecular weight is 467 g/mol. The number of carboxylic acids is 1. The molecule has 0 aliphatic heterocycles. The van der Waals surface area contributed by atoms with Gasteiger partial charge in [0.1, 0.15) is 11.8 Å². The summed E-state index contributed by atoms with van der Waals surface area (Å²) in [5, 5.41) is 9.27. The van der Waals surface area contributed by atoms with Crippen molar-refractivity contribution in [2.24, 2.45) is 5.92 Å². The molecule has 0 fully saturated rings. The number of sulfonamides is 1. The topological polar surface area (TPSA) is 106 Å². The number of fused-ring (bicyclic) bond motifs is 1. The minimum absolute atomic E-state index is 0.0252. The molecular weight excluding hydrogens is 444 g/mol. The number of nitrogens with zero attached hydrogens (tertiary/aromatic N) is 1. The molecule has 30 heavy (non-hydrogen) atoms. The largest absolute Gasteiger partial charge is 0.497 e. The number of aliphatic carboxylic acids is 1. The predicted molar refractivity (Wildman–Crippen MR) is 119 cm³/mol. The molecule has 0 radical (unpaired) electrons. The number of carbonyl (C=O) groups is 1. The number of thioether (sulfide) groups is 1. The minimum Gasteiger partial charge on any atom is -0.497 e. The van der Waals surface area contributed by atoms with Crippen molar-refractivity contribution in [3.8, 4) is 5.75 Å². The van der Waals surface area contributed by atoms with Crippen LogP contribution in [-0.2, 0) is 20.6 Å². The molecular formula is C20H22N2O5S3. The summed E-state index contributed by atoms with van der Waals surface area (Å²) in [5.41, 5.74) is 1.83. The fourth-order valence-electron chi connectivity index (χ4n) is 2.69. The number of thiazole rings is 1. The Kier molecular flexibility index (Phi) is 7.02. The molecule has 0 saturated carbocycles. The normalized spacial score (nSPS) is 12.9. The van der Waals surface area contributed by atoms with E-state index in [-0.39, 0.29) is 10.8 Å². The summed E-state index contributed by atoms with van der Waals surface area (Å²) in [4.78, 5) is 15.9. The summed E-state index contributed by atoms with van der Waals surface area (Å²) >= 11 is 2.97. The van der Waals surface area contributed by atoms with Crippen molar-refractivity contribution in [1.82, 2.24) is 9.71 Å². The van der Waals surface area contributed by atoms with Gasteiger partial charge in [-0.25, -0.2) is 13.4 Å². The third-order valence-electron chi connectivity index (χ3n) is 4.39. The van der Waals surface area contributed by atoms with Crippen LogP contribution in [0.4, 0.5) is 0 Å². The lowest BCUT2D eigenvalue weighted by Gasteiger charge is -2.17. The van der Waals surface area contributed by atoms with E-state index in [9.17, 15) is 18.3 Å². The fourth-order valence-corrected chi connectivity index (χ4v) is 6.19. The number of carboxylic acid groups (broad SMARTS) is 1. The van der Waals surface area contributed by atoms with Crippen molar-refractivity contribution in [2.45, 2.75) is 34.9 Å². The zero-order chi connectivity index (χ0) is 21.9. The standard InChI is InChI=1S/C20H22N2O5S3/c1-12(2)18(19(23)24)22-30(25,26)15-8-9-16-17(10-15)29-20(21-16)28-11-13-4-6-14(27-3)7-5-13/h4-10,12,18,22H,11H2,1-3H3,(H,23,24)/t18-/m1/s1. The molecule has 7 nitrogen and oxygen atoms in total. The molecule has 1 aromatic heterocycles. The van der Waals surface area contributed by atoms with Crippen molar-refractivity contribution in [1.29, 1.82) is 0 Å². The Balaban J connectivity index is 1.77. The lowest BCUT2D eigenvalue weighted by molar-refractivity contribution is -0.140. The molecule has 0 spiro atoms. The summed E-state index contributed by atoms with van der Waals surface area (Å²) in [6.45, 7) is 3.31. The number of benzene rings is 2. The average Bonchev–Trinajstić information content (AvgIpc) is 3.12. The predicted octanol–water partition coefficient (Wildman–Crippen LogP) is 3.98. The SMILES string of the molecule is COc1ccc(CSc2nc3ccc(S(=O)(=O)N[C@@H](C(=O)O)C(C)C)cc3s2)cc1. The number of hydrogen-bond acceptors (Lipinski definition) is 7. The van der Waals surface area contributed by atoms with Crippen LogP contribution in [0.15, 0.2) is 51.7 Å². The Morgan fingerprint density at radius 1 is 1.23 bits per heavy atom. The zero-order valence-electron chi connectivity index (χ0n) is 16.7. The first-order valence-corrected chi connectivity index (χ1v) is 12.4. The van der Waals surface area contributed by atoms with E-state index in [1.807, 2.05) is 24.3 Å². The number of aromatic nitrogens is 1. The van der Waals surface area contributed by atoms with Gasteiger partial charge in [0.15, 0.2) is 4.34 Å². The highest BCUT2D eigenvalue weighted by Gasteiger charge is 2.28. The molecule has 0 unspecified atom stereocenters. The molecule has 0 saturated heterocycles. The lowest BCUT2D eigenvalue weighted by atomic mass is 10.1. The Labute approximate surface area is 183 Å². The van der Waals surface area contributed by atoms with Crippen LogP contribution in [-0.4, -0.2) is 37.6 Å². The minimum atomic E-state index is -3.96. The second kappa shape index (κ2) is 9.34. The smallest absolute Gasteiger partial charge is 0.322 e. The van der Waals surface area contributed by atoms with E-state index in [0.29, 0.717) is 5.52 Å². The Morgan fingerprint density at radius 2 is 1.93 bits per heavy atom. The summed E-state index contributed by atoms with van der Waals surface area (Å²) in [6, 6.07) is 11.2. The van der Waals surface area contributed by atoms with Crippen molar-refractivity contribution >= 4 is 49.3 Å². The molecule has 3 rings (SSSR count). The first kappa shape index (κ1) is 22.5. The molecule has 0 amide bonds. The van der Waals surface area contributed by atoms with Gasteiger partial charge in [-0.05, 0) is 41.8 Å². The molecule has 0 aliphatic carbocycles. The molecule has 160 valence electrons. The van der Waals surface area contributed by atoms with Gasteiger partial charge in [-0.15, -0.1) is 11.3 Å². The van der Waals surface area contributed by atoms with E-state index in [2.05, 4.69) is 9.71 Å². The molecule has 2 aromatic carbocycles. The number of nitrogens with one attached hydrogen (secondary N) is 1. The highest BCUT2D eigenvalue weighted by molar-refractivity contribution is 8.00. The van der Waals surface area contributed by atoms with Gasteiger partial charge in [-0.3, -0.25) is 4.79 Å². The highest BCUT2D eigenvalue weighted by atomic mass is 32.2. The molecule has 1 heterocycles. The maximum atomic E-state index is 12.7. The molecule has 10 heteroatoms. The van der Waals surface area contributed by atoms with Gasteiger partial charge in [0.2, 0.25) is 10.0 Å². The van der Waals surface area contributed by atoms with Crippen molar-refractivity contribution in [3.63, 3.8) is 0 Å². The highest BCUT2D eigenvalue weighted by Crippen LogP contribution is 2.33. The zero-order valence-corrected chi connectivity index (χ0v) is 19.1. The molecule has 3 aromatic rings. The number of hydrogen-bond donors (Lipinski definition) is 2. The van der Waals surface area contributed by atoms with Crippen LogP contribution in [0.2, 0.25) is 0 Å². The monoisotopic (exact) mass is 466 g/mol. The molecule has 0 aliphatic rings. The Morgan fingerprint density at radius 3 is 2.53 bits per heavy atom. The Bertz CT molecular complexity index is 1140. The van der Waals surface area contributed by atoms with Gasteiger partial charge in [-0.2, -0.15) is 4.72 Å². The van der Waals surface area contributed by atoms with Crippen LogP contribution >= 0.6 is 23.1 Å². The van der Waals surface area contributed by atoms with Crippen molar-refractivity contribution in [2.75, 3.05) is 7.11 Å². The van der Waals surface area contributed by atoms with Gasteiger partial charge in [0.25, 0.3) is 0 Å². The van der Waals surface area contributed by atoms with Gasteiger partial charge in [0.05, 0.1) is 22.2 Å². The van der Waals surface area contributed by atoms with Gasteiger partial charge < -0.3 is 9.84 Å². The fraction of sp³-hybridized carbons (Fsp3) is 0.300. The quantitative estimate of drug-likeness (QED) is 0.459. The van der Waals surface area contributed by atoms with E-state index < -0.39 is 22.0 Å². The third-order valence-corrected chi connectivity index (χ3v) is 8.06. The van der Waals surface area contributed by atoms with Gasteiger partial charge in [0, 0.05) is 5.75 Å². The third kappa shape index (κ3) is 5.31. The summed E-state index contributed by atoms with van der Waals surface area (Å²) in [5.74, 6) is -0.0608. The molecule has 1 atom stereocenters. The first-order chi connectivity index (χ1) is 14.2. The van der Waals surface area contributed by atoms with Crippen LogP contribution in [0.3, 0.4) is 0 Å². The maximum Gasteiger partial charge on any atom is 0.322 e. The maximum absolute atomic E-state index is 12.7. The lowest BCUT2D eigenvalue weighted by Crippen LogP contribution is -2.44. The summed E-state index contributed by atoms with van der Waals surface area (Å²) < 4.78 is 34.3. The summed E-state index contributed by atoms with van der Waals surface area (Å²) in [6.07, 6.45) is 0. The van der Waals surface area contributed by atoms with E-state index in [0.717, 1.165) is 26.1 Å².